The van der Waals surface area contributed by atoms with Gasteiger partial charge < -0.3 is 9.53 Å². The van der Waals surface area contributed by atoms with Crippen molar-refractivity contribution in [2.75, 3.05) is 0 Å². The summed E-state index contributed by atoms with van der Waals surface area (Å²) >= 11 is 0. The zero-order chi connectivity index (χ0) is 24.3. The predicted octanol–water partition coefficient (Wildman–Crippen LogP) is 5.94. The fraction of sp³-hybridized carbons (Fsp3) is 0.267. The van der Waals surface area contributed by atoms with Crippen molar-refractivity contribution in [2.24, 2.45) is 5.92 Å². The van der Waals surface area contributed by atoms with E-state index in [-0.39, 0.29) is 18.0 Å². The van der Waals surface area contributed by atoms with Crippen LogP contribution in [0.25, 0.3) is 0 Å². The van der Waals surface area contributed by atoms with E-state index in [0.29, 0.717) is 18.4 Å². The molecule has 4 heteroatoms. The number of ether oxygens (including phenoxy) is 1. The van der Waals surface area contributed by atoms with Crippen LogP contribution in [-0.4, -0.2) is 18.4 Å². The highest BCUT2D eigenvalue weighted by Crippen LogP contribution is 2.34. The van der Waals surface area contributed by atoms with Crippen molar-refractivity contribution >= 4 is 36.1 Å². The second kappa shape index (κ2) is 13.0. The van der Waals surface area contributed by atoms with Gasteiger partial charge >= 0.3 is 5.97 Å². The number of allylic oxidation sites excluding steroid dienone is 1. The second-order valence-electron chi connectivity index (χ2n) is 8.52. The van der Waals surface area contributed by atoms with Gasteiger partial charge in [-0.05, 0) is 61.2 Å². The van der Waals surface area contributed by atoms with Gasteiger partial charge in [0, 0.05) is 6.42 Å². The van der Waals surface area contributed by atoms with E-state index in [0.717, 1.165) is 23.6 Å². The molecule has 0 aliphatic carbocycles. The standard InChI is InChI=1S/C30H33O3P/c1-4-13-24(3)28(22-23(2)20-21-31)33-30(32)27-18-11-12-19-29(27)34(25-14-7-5-8-15-25)26-16-9-6-10-17-26/h5-19,21,23,28H,4,20,22H2,1-3H3/b24-13+/t23-,28-/m0/s1. The molecule has 0 aliphatic rings. The third-order valence-corrected chi connectivity index (χ3v) is 8.29. The van der Waals surface area contributed by atoms with Crippen molar-refractivity contribution in [1.82, 2.24) is 0 Å². The third kappa shape index (κ3) is 6.74. The van der Waals surface area contributed by atoms with E-state index in [9.17, 15) is 9.59 Å². The zero-order valence-electron chi connectivity index (χ0n) is 20.2. The molecule has 3 nitrogen and oxygen atoms in total. The number of aldehydes is 1. The van der Waals surface area contributed by atoms with Crippen molar-refractivity contribution in [3.05, 3.63) is 102 Å². The summed E-state index contributed by atoms with van der Waals surface area (Å²) in [4.78, 5) is 24.6. The number of esters is 1. The molecular weight excluding hydrogens is 439 g/mol. The monoisotopic (exact) mass is 472 g/mol. The molecule has 34 heavy (non-hydrogen) atoms. The summed E-state index contributed by atoms with van der Waals surface area (Å²) in [5, 5.41) is 3.35. The first kappa shape index (κ1) is 25.6. The molecule has 0 aromatic heterocycles. The molecule has 0 bridgehead atoms. The van der Waals surface area contributed by atoms with Crippen LogP contribution >= 0.6 is 7.92 Å². The first-order valence-electron chi connectivity index (χ1n) is 11.9. The van der Waals surface area contributed by atoms with Gasteiger partial charge in [-0.1, -0.05) is 98.8 Å². The minimum atomic E-state index is -0.930. The van der Waals surface area contributed by atoms with Gasteiger partial charge in [-0.25, -0.2) is 4.79 Å². The Kier molecular flexibility index (Phi) is 9.79. The lowest BCUT2D eigenvalue weighted by Crippen LogP contribution is -2.28. The predicted molar refractivity (Wildman–Crippen MR) is 143 cm³/mol. The summed E-state index contributed by atoms with van der Waals surface area (Å²) < 4.78 is 6.12. The number of rotatable bonds is 11. The van der Waals surface area contributed by atoms with E-state index in [1.807, 2.05) is 74.5 Å². The molecule has 0 saturated carbocycles. The van der Waals surface area contributed by atoms with Gasteiger partial charge in [-0.3, -0.25) is 0 Å². The molecule has 2 atom stereocenters. The molecule has 0 aliphatic heterocycles. The van der Waals surface area contributed by atoms with Crippen LogP contribution in [0.15, 0.2) is 96.6 Å². The molecule has 0 spiro atoms. The summed E-state index contributed by atoms with van der Waals surface area (Å²) in [5.74, 6) is -0.182. The lowest BCUT2D eigenvalue weighted by atomic mass is 9.96. The minimum Gasteiger partial charge on any atom is -0.454 e. The van der Waals surface area contributed by atoms with Crippen LogP contribution in [0.2, 0.25) is 0 Å². The molecule has 0 fully saturated rings. The molecular formula is C30H33O3P. The maximum absolute atomic E-state index is 13.6. The largest absolute Gasteiger partial charge is 0.454 e. The number of carbonyl (C=O) groups is 2. The van der Waals surface area contributed by atoms with Gasteiger partial charge in [0.15, 0.2) is 0 Å². The van der Waals surface area contributed by atoms with Crippen LogP contribution in [0.4, 0.5) is 0 Å². The van der Waals surface area contributed by atoms with Crippen molar-refractivity contribution in [3.8, 4) is 0 Å². The van der Waals surface area contributed by atoms with Gasteiger partial charge in [0.2, 0.25) is 0 Å². The molecule has 3 aromatic carbocycles. The highest BCUT2D eigenvalue weighted by Gasteiger charge is 2.26. The van der Waals surface area contributed by atoms with Crippen LogP contribution < -0.4 is 15.9 Å². The lowest BCUT2D eigenvalue weighted by molar-refractivity contribution is -0.108. The smallest absolute Gasteiger partial charge is 0.339 e. The summed E-state index contributed by atoms with van der Waals surface area (Å²) in [7, 11) is -0.930. The Labute approximate surface area is 204 Å². The molecule has 3 aromatic rings. The molecule has 3 rings (SSSR count). The highest BCUT2D eigenvalue weighted by atomic mass is 31.1. The highest BCUT2D eigenvalue weighted by molar-refractivity contribution is 7.80. The van der Waals surface area contributed by atoms with Crippen LogP contribution in [0.5, 0.6) is 0 Å². The van der Waals surface area contributed by atoms with Gasteiger partial charge in [0.05, 0.1) is 5.56 Å². The lowest BCUT2D eigenvalue weighted by Gasteiger charge is -2.24. The first-order valence-corrected chi connectivity index (χ1v) is 13.2. The Balaban J connectivity index is 2.00. The van der Waals surface area contributed by atoms with Gasteiger partial charge in [0.1, 0.15) is 12.4 Å². The van der Waals surface area contributed by atoms with E-state index in [1.165, 1.54) is 10.6 Å². The van der Waals surface area contributed by atoms with E-state index >= 15 is 0 Å². The Morgan fingerprint density at radius 2 is 1.47 bits per heavy atom. The average Bonchev–Trinajstić information content (AvgIpc) is 2.86. The van der Waals surface area contributed by atoms with Crippen LogP contribution in [0, 0.1) is 5.92 Å². The van der Waals surface area contributed by atoms with Crippen LogP contribution in [-0.2, 0) is 9.53 Å². The normalized spacial score (nSPS) is 13.4. The molecule has 0 saturated heterocycles. The summed E-state index contributed by atoms with van der Waals surface area (Å²) in [6.45, 7) is 6.09. The van der Waals surface area contributed by atoms with Gasteiger partial charge in [-0.2, -0.15) is 0 Å². The molecule has 0 N–H and O–H groups in total. The van der Waals surface area contributed by atoms with Crippen molar-refractivity contribution < 1.29 is 14.3 Å². The Bertz CT molecular complexity index is 1050. The fourth-order valence-corrected chi connectivity index (χ4v) is 6.46. The Hall–Kier alpha value is -3.03. The molecule has 0 radical (unpaired) electrons. The number of carbonyl (C=O) groups excluding carboxylic acids is 2. The average molecular weight is 473 g/mol. The second-order valence-corrected chi connectivity index (χ2v) is 10.7. The van der Waals surface area contributed by atoms with Gasteiger partial charge in [-0.15, -0.1) is 0 Å². The first-order chi connectivity index (χ1) is 16.5. The summed E-state index contributed by atoms with van der Waals surface area (Å²) in [5.41, 5.74) is 1.62. The zero-order valence-corrected chi connectivity index (χ0v) is 21.1. The minimum absolute atomic E-state index is 0.136. The molecule has 0 amide bonds. The maximum atomic E-state index is 13.6. The quantitative estimate of drug-likeness (QED) is 0.150. The van der Waals surface area contributed by atoms with E-state index in [1.54, 1.807) is 0 Å². The van der Waals surface area contributed by atoms with Crippen molar-refractivity contribution in [3.63, 3.8) is 0 Å². The fourth-order valence-electron chi connectivity index (χ4n) is 4.02. The van der Waals surface area contributed by atoms with Crippen molar-refractivity contribution in [1.29, 1.82) is 0 Å². The number of hydrogen-bond donors (Lipinski definition) is 0. The number of benzene rings is 3. The molecule has 0 unspecified atom stereocenters. The Morgan fingerprint density at radius 3 is 2.03 bits per heavy atom. The summed E-state index contributed by atoms with van der Waals surface area (Å²) in [6.07, 6.45) is 4.63. The topological polar surface area (TPSA) is 43.4 Å². The molecule has 176 valence electrons. The third-order valence-electron chi connectivity index (χ3n) is 5.79. The van der Waals surface area contributed by atoms with Crippen LogP contribution in [0.1, 0.15) is 50.4 Å². The van der Waals surface area contributed by atoms with Gasteiger partial charge in [0.25, 0.3) is 0 Å². The van der Waals surface area contributed by atoms with Crippen LogP contribution in [0.3, 0.4) is 0 Å². The van der Waals surface area contributed by atoms with Crippen molar-refractivity contribution in [2.45, 2.75) is 46.1 Å². The summed E-state index contributed by atoms with van der Waals surface area (Å²) in [6, 6.07) is 28.5. The molecule has 0 heterocycles. The van der Waals surface area contributed by atoms with E-state index in [2.05, 4.69) is 37.3 Å². The number of hydrogen-bond acceptors (Lipinski definition) is 3. The Morgan fingerprint density at radius 1 is 0.912 bits per heavy atom. The van der Waals surface area contributed by atoms with E-state index in [4.69, 9.17) is 4.74 Å². The maximum Gasteiger partial charge on any atom is 0.339 e. The van der Waals surface area contributed by atoms with E-state index < -0.39 is 7.92 Å². The SMILES string of the molecule is CC/C=C(\C)[C@H](C[C@@H](C)CC=O)OC(=O)c1ccccc1P(c1ccccc1)c1ccccc1.